The third kappa shape index (κ3) is 2.33. The van der Waals surface area contributed by atoms with Crippen LogP contribution in [-0.2, 0) is 0 Å². The summed E-state index contributed by atoms with van der Waals surface area (Å²) < 4.78 is 0. The normalized spacial score (nSPS) is 16.0. The topological polar surface area (TPSA) is 76.8 Å². The van der Waals surface area contributed by atoms with Crippen molar-refractivity contribution in [3.8, 4) is 12.1 Å². The van der Waals surface area contributed by atoms with Crippen molar-refractivity contribution >= 4 is 33.8 Å². The Morgan fingerprint density at radius 2 is 2.00 bits per heavy atom. The van der Waals surface area contributed by atoms with Crippen molar-refractivity contribution in [1.29, 1.82) is 10.5 Å². The molecule has 2 rings (SSSR count). The lowest BCUT2D eigenvalue weighted by molar-refractivity contribution is 0.823. The predicted molar refractivity (Wildman–Crippen MR) is 72.3 cm³/mol. The minimum absolute atomic E-state index is 0.340. The summed E-state index contributed by atoms with van der Waals surface area (Å²) in [6.45, 7) is 1.86. The van der Waals surface area contributed by atoms with Gasteiger partial charge in [-0.3, -0.25) is 0 Å². The SMILES string of the molecule is N#Cc1sc(N2CCCSCC2)c(C#N)c1N. The highest BCUT2D eigenvalue weighted by atomic mass is 32.2. The molecule has 1 saturated heterocycles. The average molecular weight is 264 g/mol. The van der Waals surface area contributed by atoms with Gasteiger partial charge in [-0.2, -0.15) is 22.3 Å². The third-order valence-electron chi connectivity index (χ3n) is 2.65. The Morgan fingerprint density at radius 1 is 1.18 bits per heavy atom. The molecule has 6 heteroatoms. The molecule has 0 saturated carbocycles. The van der Waals surface area contributed by atoms with Gasteiger partial charge < -0.3 is 10.6 Å². The van der Waals surface area contributed by atoms with Crippen molar-refractivity contribution in [2.75, 3.05) is 35.2 Å². The van der Waals surface area contributed by atoms with E-state index < -0.39 is 0 Å². The maximum Gasteiger partial charge on any atom is 0.131 e. The smallest absolute Gasteiger partial charge is 0.131 e. The van der Waals surface area contributed by atoms with Crippen LogP contribution in [0.3, 0.4) is 0 Å². The van der Waals surface area contributed by atoms with E-state index >= 15 is 0 Å². The molecular weight excluding hydrogens is 252 g/mol. The number of anilines is 2. The van der Waals surface area contributed by atoms with Crippen molar-refractivity contribution in [2.45, 2.75) is 6.42 Å². The molecule has 0 bridgehead atoms. The van der Waals surface area contributed by atoms with Gasteiger partial charge in [-0.25, -0.2) is 0 Å². The minimum atomic E-state index is 0.340. The summed E-state index contributed by atoms with van der Waals surface area (Å²) in [4.78, 5) is 2.63. The number of nitrogens with two attached hydrogens (primary N) is 1. The number of hydrogen-bond donors (Lipinski definition) is 1. The molecule has 88 valence electrons. The summed E-state index contributed by atoms with van der Waals surface area (Å²) in [7, 11) is 0. The van der Waals surface area contributed by atoms with Gasteiger partial charge in [-0.1, -0.05) is 0 Å². The Balaban J connectivity index is 2.37. The summed E-state index contributed by atoms with van der Waals surface area (Å²) in [5.74, 6) is 2.22. The molecule has 2 heterocycles. The Morgan fingerprint density at radius 3 is 2.71 bits per heavy atom. The molecule has 0 amide bonds. The number of nitrogens with zero attached hydrogens (tertiary/aromatic N) is 3. The van der Waals surface area contributed by atoms with Crippen LogP contribution in [0.25, 0.3) is 0 Å². The molecule has 4 nitrogen and oxygen atoms in total. The van der Waals surface area contributed by atoms with Crippen LogP contribution in [0.5, 0.6) is 0 Å². The maximum absolute atomic E-state index is 9.14. The lowest BCUT2D eigenvalue weighted by Gasteiger charge is -2.20. The number of hydrogen-bond acceptors (Lipinski definition) is 6. The van der Waals surface area contributed by atoms with E-state index in [1.807, 2.05) is 11.8 Å². The maximum atomic E-state index is 9.14. The van der Waals surface area contributed by atoms with Crippen LogP contribution >= 0.6 is 23.1 Å². The Kier molecular flexibility index (Phi) is 3.78. The monoisotopic (exact) mass is 264 g/mol. The lowest BCUT2D eigenvalue weighted by atomic mass is 10.2. The molecule has 0 spiro atoms. The fraction of sp³-hybridized carbons (Fsp3) is 0.455. The summed E-state index contributed by atoms with van der Waals surface area (Å²) in [6.07, 6.45) is 1.11. The first-order valence-electron chi connectivity index (χ1n) is 5.33. The van der Waals surface area contributed by atoms with Gasteiger partial charge in [0.25, 0.3) is 0 Å². The van der Waals surface area contributed by atoms with Gasteiger partial charge in [0.1, 0.15) is 27.6 Å². The second-order valence-corrected chi connectivity index (χ2v) is 5.93. The van der Waals surface area contributed by atoms with Crippen LogP contribution in [0.1, 0.15) is 16.9 Å². The Bertz CT molecular complexity index is 487. The van der Waals surface area contributed by atoms with Crippen molar-refractivity contribution < 1.29 is 0 Å². The van der Waals surface area contributed by atoms with E-state index in [1.165, 1.54) is 11.3 Å². The van der Waals surface area contributed by atoms with E-state index in [2.05, 4.69) is 17.0 Å². The zero-order valence-corrected chi connectivity index (χ0v) is 10.9. The minimum Gasteiger partial charge on any atom is -0.396 e. The van der Waals surface area contributed by atoms with Gasteiger partial charge in [0, 0.05) is 18.8 Å². The first-order chi connectivity index (χ1) is 8.27. The Hall–Kier alpha value is -1.37. The second-order valence-electron chi connectivity index (χ2n) is 3.70. The van der Waals surface area contributed by atoms with Crippen LogP contribution in [-0.4, -0.2) is 24.6 Å². The molecule has 0 aliphatic carbocycles. The van der Waals surface area contributed by atoms with E-state index in [-0.39, 0.29) is 0 Å². The van der Waals surface area contributed by atoms with Crippen LogP contribution < -0.4 is 10.6 Å². The van der Waals surface area contributed by atoms with E-state index in [0.29, 0.717) is 16.1 Å². The summed E-state index contributed by atoms with van der Waals surface area (Å²) >= 11 is 3.26. The van der Waals surface area contributed by atoms with E-state index in [4.69, 9.17) is 16.3 Å². The number of thiophene rings is 1. The fourth-order valence-electron chi connectivity index (χ4n) is 1.79. The molecule has 1 aliphatic heterocycles. The van der Waals surface area contributed by atoms with Gasteiger partial charge in [-0.15, -0.1) is 11.3 Å². The first-order valence-corrected chi connectivity index (χ1v) is 7.30. The molecule has 17 heavy (non-hydrogen) atoms. The molecule has 0 atom stereocenters. The third-order valence-corrected chi connectivity index (χ3v) is 4.87. The van der Waals surface area contributed by atoms with Crippen molar-refractivity contribution in [3.05, 3.63) is 10.4 Å². The zero-order chi connectivity index (χ0) is 12.3. The van der Waals surface area contributed by atoms with Gasteiger partial charge in [-0.05, 0) is 12.2 Å². The van der Waals surface area contributed by atoms with Crippen LogP contribution in [0, 0.1) is 22.7 Å². The number of nitriles is 2. The summed E-state index contributed by atoms with van der Waals surface area (Å²) in [5.41, 5.74) is 6.61. The zero-order valence-electron chi connectivity index (χ0n) is 9.27. The van der Waals surface area contributed by atoms with Gasteiger partial charge in [0.05, 0.1) is 5.69 Å². The van der Waals surface area contributed by atoms with Crippen LogP contribution in [0.2, 0.25) is 0 Å². The standard InChI is InChI=1S/C11H12N4S2/c12-6-8-10(14)9(7-13)17-11(8)15-2-1-4-16-5-3-15/h1-5,14H2. The highest BCUT2D eigenvalue weighted by Gasteiger charge is 2.21. The van der Waals surface area contributed by atoms with E-state index in [9.17, 15) is 0 Å². The Labute approximate surface area is 109 Å². The van der Waals surface area contributed by atoms with Crippen LogP contribution in [0.15, 0.2) is 0 Å². The molecule has 1 aromatic rings. The summed E-state index contributed by atoms with van der Waals surface area (Å²) in [6, 6.07) is 4.18. The molecule has 0 unspecified atom stereocenters. The highest BCUT2D eigenvalue weighted by Crippen LogP contribution is 2.37. The quantitative estimate of drug-likeness (QED) is 0.839. The first kappa shape index (κ1) is 12.1. The molecule has 1 aromatic heterocycles. The van der Waals surface area contributed by atoms with Crippen molar-refractivity contribution in [3.63, 3.8) is 0 Å². The molecule has 0 aromatic carbocycles. The lowest BCUT2D eigenvalue weighted by Crippen LogP contribution is -2.25. The van der Waals surface area contributed by atoms with Crippen LogP contribution in [0.4, 0.5) is 10.7 Å². The van der Waals surface area contributed by atoms with Crippen molar-refractivity contribution in [1.82, 2.24) is 0 Å². The van der Waals surface area contributed by atoms with Gasteiger partial charge in [0.15, 0.2) is 0 Å². The number of rotatable bonds is 1. The second kappa shape index (κ2) is 5.31. The molecule has 1 aliphatic rings. The largest absolute Gasteiger partial charge is 0.396 e. The molecule has 2 N–H and O–H groups in total. The predicted octanol–water partition coefficient (Wildman–Crippen LogP) is 2.02. The highest BCUT2D eigenvalue weighted by molar-refractivity contribution is 7.99. The van der Waals surface area contributed by atoms with Crippen molar-refractivity contribution in [2.24, 2.45) is 0 Å². The van der Waals surface area contributed by atoms with Gasteiger partial charge >= 0.3 is 0 Å². The molecule has 1 fully saturated rings. The van der Waals surface area contributed by atoms with E-state index in [0.717, 1.165) is 36.0 Å². The summed E-state index contributed by atoms with van der Waals surface area (Å²) in [5, 5.41) is 19.0. The van der Waals surface area contributed by atoms with Gasteiger partial charge in [0.2, 0.25) is 0 Å². The molecule has 0 radical (unpaired) electrons. The number of nitrogen functional groups attached to an aromatic ring is 1. The number of thioether (sulfide) groups is 1. The average Bonchev–Trinajstić information content (AvgIpc) is 2.55. The fourth-order valence-corrected chi connectivity index (χ4v) is 3.70. The van der Waals surface area contributed by atoms with E-state index in [1.54, 1.807) is 0 Å². The molecular formula is C11H12N4S2.